The molecular weight excluding hydrogens is 266 g/mol. The Morgan fingerprint density at radius 1 is 1.43 bits per heavy atom. The van der Waals surface area contributed by atoms with Gasteiger partial charge in [-0.15, -0.1) is 0 Å². The van der Waals surface area contributed by atoms with Gasteiger partial charge in [-0.25, -0.2) is 4.79 Å². The molecule has 1 aliphatic carbocycles. The molecule has 1 heterocycles. The van der Waals surface area contributed by atoms with Crippen molar-refractivity contribution in [2.45, 2.75) is 44.7 Å². The first-order valence-corrected chi connectivity index (χ1v) is 7.85. The van der Waals surface area contributed by atoms with Gasteiger partial charge in [0, 0.05) is 39.1 Å². The summed E-state index contributed by atoms with van der Waals surface area (Å²) in [4.78, 5) is 27.8. The van der Waals surface area contributed by atoms with E-state index in [1.165, 1.54) is 0 Å². The molecule has 0 spiro atoms. The first-order valence-electron chi connectivity index (χ1n) is 7.85. The van der Waals surface area contributed by atoms with Crippen molar-refractivity contribution in [3.8, 4) is 0 Å². The number of Topliss-reactive ketones (excluding diaryl/α,β-unsaturated/α-hetero) is 1. The lowest BCUT2D eigenvalue weighted by atomic mass is 9.74. The van der Waals surface area contributed by atoms with Crippen LogP contribution in [0.25, 0.3) is 0 Å². The molecule has 1 aliphatic heterocycles. The third kappa shape index (κ3) is 3.64. The second-order valence-corrected chi connectivity index (χ2v) is 6.53. The standard InChI is InChI=1S/C16H27N3O2/c1-5-6-19-10-13(17-16(21)18(3)4)8-12-9-15(20)11(2)7-14(12)19/h12-14H,2,5-10H2,1,3-4H3,(H,17,21)/t12-,13+,14-/m1/s1. The predicted molar refractivity (Wildman–Crippen MR) is 83.1 cm³/mol. The van der Waals surface area contributed by atoms with Crippen molar-refractivity contribution in [3.63, 3.8) is 0 Å². The molecule has 1 N–H and O–H groups in total. The number of hydrogen-bond donors (Lipinski definition) is 1. The van der Waals surface area contributed by atoms with Crippen LogP contribution in [0.1, 0.15) is 32.6 Å². The predicted octanol–water partition coefficient (Wildman–Crippen LogP) is 1.65. The highest BCUT2D eigenvalue weighted by atomic mass is 16.2. The van der Waals surface area contributed by atoms with Gasteiger partial charge in [-0.3, -0.25) is 9.69 Å². The summed E-state index contributed by atoms with van der Waals surface area (Å²) < 4.78 is 0. The molecule has 0 bridgehead atoms. The zero-order valence-corrected chi connectivity index (χ0v) is 13.4. The highest BCUT2D eigenvalue weighted by molar-refractivity contribution is 5.95. The van der Waals surface area contributed by atoms with Crippen molar-refractivity contribution in [2.24, 2.45) is 5.92 Å². The fourth-order valence-electron chi connectivity index (χ4n) is 3.53. The molecule has 0 aromatic heterocycles. The summed E-state index contributed by atoms with van der Waals surface area (Å²) >= 11 is 0. The largest absolute Gasteiger partial charge is 0.334 e. The van der Waals surface area contributed by atoms with E-state index in [1.54, 1.807) is 19.0 Å². The first-order chi connectivity index (χ1) is 9.92. The average Bonchev–Trinajstić information content (AvgIpc) is 2.41. The van der Waals surface area contributed by atoms with Crippen LogP contribution >= 0.6 is 0 Å². The number of piperidine rings is 1. The third-order valence-electron chi connectivity index (χ3n) is 4.60. The minimum Gasteiger partial charge on any atom is -0.334 e. The van der Waals surface area contributed by atoms with Crippen molar-refractivity contribution < 1.29 is 9.59 Å². The minimum atomic E-state index is -0.0542. The highest BCUT2D eigenvalue weighted by Gasteiger charge is 2.41. The highest BCUT2D eigenvalue weighted by Crippen LogP contribution is 2.35. The van der Waals surface area contributed by atoms with Crippen molar-refractivity contribution in [1.29, 1.82) is 0 Å². The summed E-state index contributed by atoms with van der Waals surface area (Å²) in [7, 11) is 3.50. The quantitative estimate of drug-likeness (QED) is 0.805. The van der Waals surface area contributed by atoms with Gasteiger partial charge in [-0.05, 0) is 37.3 Å². The van der Waals surface area contributed by atoms with E-state index in [4.69, 9.17) is 0 Å². The fourth-order valence-corrected chi connectivity index (χ4v) is 3.53. The average molecular weight is 293 g/mol. The van der Waals surface area contributed by atoms with Gasteiger partial charge in [0.05, 0.1) is 0 Å². The van der Waals surface area contributed by atoms with Crippen LogP contribution in [-0.2, 0) is 4.79 Å². The Morgan fingerprint density at radius 3 is 2.76 bits per heavy atom. The summed E-state index contributed by atoms with van der Waals surface area (Å²) in [6, 6.07) is 0.496. The van der Waals surface area contributed by atoms with Crippen molar-refractivity contribution in [3.05, 3.63) is 12.2 Å². The van der Waals surface area contributed by atoms with E-state index in [-0.39, 0.29) is 17.9 Å². The molecule has 21 heavy (non-hydrogen) atoms. The lowest BCUT2D eigenvalue weighted by molar-refractivity contribution is -0.119. The number of carbonyl (C=O) groups excluding carboxylic acids is 2. The summed E-state index contributed by atoms with van der Waals surface area (Å²) in [6.07, 6.45) is 3.34. The Balaban J connectivity index is 2.07. The molecule has 2 aliphatic rings. The zero-order valence-electron chi connectivity index (χ0n) is 13.4. The molecule has 0 aromatic rings. The summed E-state index contributed by atoms with van der Waals surface area (Å²) in [5.41, 5.74) is 0.771. The fraction of sp³-hybridized carbons (Fsp3) is 0.750. The Hall–Kier alpha value is -1.36. The minimum absolute atomic E-state index is 0.0542. The molecule has 5 nitrogen and oxygen atoms in total. The molecule has 3 atom stereocenters. The van der Waals surface area contributed by atoms with E-state index in [2.05, 4.69) is 23.7 Å². The van der Waals surface area contributed by atoms with E-state index in [0.717, 1.165) is 37.9 Å². The Labute approximate surface area is 127 Å². The van der Waals surface area contributed by atoms with Crippen LogP contribution in [0.4, 0.5) is 4.79 Å². The Morgan fingerprint density at radius 2 is 2.14 bits per heavy atom. The van der Waals surface area contributed by atoms with Crippen LogP contribution < -0.4 is 5.32 Å². The van der Waals surface area contributed by atoms with E-state index in [9.17, 15) is 9.59 Å². The normalized spacial score (nSPS) is 30.0. The molecular formula is C16H27N3O2. The smallest absolute Gasteiger partial charge is 0.317 e. The van der Waals surface area contributed by atoms with Gasteiger partial charge in [-0.1, -0.05) is 13.5 Å². The maximum atomic E-state index is 11.9. The molecule has 0 unspecified atom stereocenters. The van der Waals surface area contributed by atoms with Crippen molar-refractivity contribution in [2.75, 3.05) is 27.2 Å². The lowest BCUT2D eigenvalue weighted by Gasteiger charge is -2.47. The number of ketones is 1. The van der Waals surface area contributed by atoms with Crippen LogP contribution in [0, 0.1) is 5.92 Å². The number of carbonyl (C=O) groups is 2. The zero-order chi connectivity index (χ0) is 15.6. The second-order valence-electron chi connectivity index (χ2n) is 6.53. The second kappa shape index (κ2) is 6.60. The van der Waals surface area contributed by atoms with E-state index < -0.39 is 0 Å². The van der Waals surface area contributed by atoms with Crippen LogP contribution in [0.5, 0.6) is 0 Å². The first kappa shape index (κ1) is 16.0. The van der Waals surface area contributed by atoms with Crippen LogP contribution in [-0.4, -0.2) is 60.9 Å². The van der Waals surface area contributed by atoms with Crippen LogP contribution in [0.15, 0.2) is 12.2 Å². The number of rotatable bonds is 3. The van der Waals surface area contributed by atoms with E-state index in [0.29, 0.717) is 18.4 Å². The van der Waals surface area contributed by atoms with Gasteiger partial charge in [0.25, 0.3) is 0 Å². The third-order valence-corrected chi connectivity index (χ3v) is 4.60. The molecule has 118 valence electrons. The van der Waals surface area contributed by atoms with Gasteiger partial charge < -0.3 is 10.2 Å². The molecule has 1 saturated carbocycles. The van der Waals surface area contributed by atoms with Crippen LogP contribution in [0.3, 0.4) is 0 Å². The van der Waals surface area contributed by atoms with Gasteiger partial charge in [-0.2, -0.15) is 0 Å². The lowest BCUT2D eigenvalue weighted by Crippen LogP contribution is -2.58. The number of fused-ring (bicyclic) bond motifs is 1. The SMILES string of the molecule is C=C1C[C@@H]2[C@@H](CC1=O)C[C@H](NC(=O)N(C)C)CN2CCC. The van der Waals surface area contributed by atoms with Gasteiger partial charge in [0.15, 0.2) is 5.78 Å². The summed E-state index contributed by atoms with van der Waals surface area (Å²) in [5, 5.41) is 3.08. The monoisotopic (exact) mass is 293 g/mol. The number of hydrogen-bond acceptors (Lipinski definition) is 3. The Kier molecular flexibility index (Phi) is 5.04. The molecule has 1 saturated heterocycles. The molecule has 2 fully saturated rings. The van der Waals surface area contributed by atoms with E-state index >= 15 is 0 Å². The van der Waals surface area contributed by atoms with Crippen molar-refractivity contribution in [1.82, 2.24) is 15.1 Å². The number of amides is 2. The Bertz CT molecular complexity index is 433. The number of nitrogens with zero attached hydrogens (tertiary/aromatic N) is 2. The maximum absolute atomic E-state index is 11.9. The van der Waals surface area contributed by atoms with E-state index in [1.807, 2.05) is 0 Å². The number of likely N-dealkylation sites (tertiary alicyclic amines) is 1. The topological polar surface area (TPSA) is 52.7 Å². The van der Waals surface area contributed by atoms with Crippen LogP contribution in [0.2, 0.25) is 0 Å². The van der Waals surface area contributed by atoms with Gasteiger partial charge in [0.2, 0.25) is 0 Å². The summed E-state index contributed by atoms with van der Waals surface area (Å²) in [5.74, 6) is 0.544. The molecule has 0 radical (unpaired) electrons. The maximum Gasteiger partial charge on any atom is 0.317 e. The molecule has 2 rings (SSSR count). The number of urea groups is 1. The van der Waals surface area contributed by atoms with Gasteiger partial charge in [0.1, 0.15) is 0 Å². The molecule has 5 heteroatoms. The summed E-state index contributed by atoms with van der Waals surface area (Å²) in [6.45, 7) is 7.97. The molecule has 0 aromatic carbocycles. The van der Waals surface area contributed by atoms with Gasteiger partial charge >= 0.3 is 6.03 Å². The number of nitrogens with one attached hydrogen (secondary N) is 1. The van der Waals surface area contributed by atoms with Crippen molar-refractivity contribution >= 4 is 11.8 Å². The molecule has 2 amide bonds.